The largest absolute Gasteiger partial charge is 0.508 e. The first-order valence-corrected chi connectivity index (χ1v) is 8.01. The van der Waals surface area contributed by atoms with E-state index in [1.165, 1.54) is 28.6 Å². The zero-order valence-electron chi connectivity index (χ0n) is 10.9. The van der Waals surface area contributed by atoms with Gasteiger partial charge >= 0.3 is 0 Å². The van der Waals surface area contributed by atoms with E-state index in [1.807, 2.05) is 0 Å². The van der Waals surface area contributed by atoms with Gasteiger partial charge in [-0.2, -0.15) is 4.31 Å². The van der Waals surface area contributed by atoms with Crippen LogP contribution in [0.2, 0.25) is 0 Å². The van der Waals surface area contributed by atoms with Gasteiger partial charge < -0.3 is 10.0 Å². The van der Waals surface area contributed by atoms with E-state index in [4.69, 9.17) is 0 Å². The summed E-state index contributed by atoms with van der Waals surface area (Å²) in [6, 6.07) is 5.66. The van der Waals surface area contributed by atoms with E-state index in [2.05, 4.69) is 0 Å². The first-order valence-electron chi connectivity index (χ1n) is 6.57. The third-order valence-electron chi connectivity index (χ3n) is 3.91. The van der Waals surface area contributed by atoms with Gasteiger partial charge in [-0.05, 0) is 24.6 Å². The third kappa shape index (κ3) is 2.16. The molecule has 2 aliphatic rings. The van der Waals surface area contributed by atoms with Crippen LogP contribution in [0.5, 0.6) is 5.75 Å². The lowest BCUT2D eigenvalue weighted by Gasteiger charge is -2.36. The van der Waals surface area contributed by atoms with Crippen LogP contribution in [0.25, 0.3) is 0 Å². The molecule has 2 fully saturated rings. The van der Waals surface area contributed by atoms with Crippen LogP contribution < -0.4 is 0 Å². The molecular weight excluding hydrogens is 280 g/mol. The molecule has 0 aliphatic carbocycles. The molecule has 0 spiro atoms. The van der Waals surface area contributed by atoms with Gasteiger partial charge in [0, 0.05) is 32.1 Å². The van der Waals surface area contributed by atoms with E-state index in [1.54, 1.807) is 4.90 Å². The summed E-state index contributed by atoms with van der Waals surface area (Å²) in [6.45, 7) is 1.09. The molecule has 2 saturated heterocycles. The van der Waals surface area contributed by atoms with Crippen LogP contribution in [-0.4, -0.2) is 54.3 Å². The van der Waals surface area contributed by atoms with Crippen LogP contribution in [0.15, 0.2) is 29.2 Å². The number of carbonyl (C=O) groups excluding carboxylic acids is 1. The smallest absolute Gasteiger partial charge is 0.243 e. The van der Waals surface area contributed by atoms with Crippen molar-refractivity contribution >= 4 is 15.9 Å². The Morgan fingerprint density at radius 2 is 2.05 bits per heavy atom. The highest BCUT2D eigenvalue weighted by molar-refractivity contribution is 7.89. The highest BCUT2D eigenvalue weighted by Gasteiger charge is 2.39. The SMILES string of the molecule is O=C1CCC2CN(S(=O)(=O)c3cccc(O)c3)CCN12. The van der Waals surface area contributed by atoms with Gasteiger partial charge in [0.15, 0.2) is 0 Å². The van der Waals surface area contributed by atoms with E-state index < -0.39 is 10.0 Å². The quantitative estimate of drug-likeness (QED) is 0.856. The van der Waals surface area contributed by atoms with Gasteiger partial charge in [0.1, 0.15) is 5.75 Å². The summed E-state index contributed by atoms with van der Waals surface area (Å²) in [7, 11) is -3.61. The molecule has 1 unspecified atom stereocenters. The maximum absolute atomic E-state index is 12.5. The normalized spacial score (nSPS) is 23.9. The van der Waals surface area contributed by atoms with E-state index in [0.29, 0.717) is 32.5 Å². The Kier molecular flexibility index (Phi) is 3.18. The topological polar surface area (TPSA) is 77.9 Å². The summed E-state index contributed by atoms with van der Waals surface area (Å²) in [5.74, 6) is 0.0464. The Morgan fingerprint density at radius 1 is 1.25 bits per heavy atom. The second kappa shape index (κ2) is 4.75. The summed E-state index contributed by atoms with van der Waals surface area (Å²) in [4.78, 5) is 13.5. The standard InChI is InChI=1S/C13H16N2O4S/c16-11-2-1-3-12(8-11)20(18,19)14-6-7-15-10(9-14)4-5-13(15)17/h1-3,8,10,16H,4-7,9H2. The Morgan fingerprint density at radius 3 is 2.80 bits per heavy atom. The first-order chi connectivity index (χ1) is 9.48. The monoisotopic (exact) mass is 296 g/mol. The fraction of sp³-hybridized carbons (Fsp3) is 0.462. The summed E-state index contributed by atoms with van der Waals surface area (Å²) in [5, 5.41) is 9.42. The number of nitrogens with zero attached hydrogens (tertiary/aromatic N) is 2. The van der Waals surface area contributed by atoms with Crippen molar-refractivity contribution < 1.29 is 18.3 Å². The van der Waals surface area contributed by atoms with Gasteiger partial charge in [-0.1, -0.05) is 6.07 Å². The number of piperazine rings is 1. The number of phenols is 1. The maximum atomic E-state index is 12.5. The van der Waals surface area contributed by atoms with Gasteiger partial charge in [0.05, 0.1) is 4.90 Å². The minimum atomic E-state index is -3.61. The Hall–Kier alpha value is -1.60. The Labute approximate surface area is 117 Å². The highest BCUT2D eigenvalue weighted by atomic mass is 32.2. The maximum Gasteiger partial charge on any atom is 0.243 e. The summed E-state index contributed by atoms with van der Waals surface area (Å²) >= 11 is 0. The van der Waals surface area contributed by atoms with Gasteiger partial charge in [-0.25, -0.2) is 8.42 Å². The number of amides is 1. The molecule has 108 valence electrons. The average Bonchev–Trinajstić information content (AvgIpc) is 2.80. The summed E-state index contributed by atoms with van der Waals surface area (Å²) in [5.41, 5.74) is 0. The molecule has 1 amide bonds. The number of aromatic hydroxyl groups is 1. The number of hydrogen-bond acceptors (Lipinski definition) is 4. The number of hydrogen-bond donors (Lipinski definition) is 1. The number of phenolic OH excluding ortho intramolecular Hbond substituents is 1. The van der Waals surface area contributed by atoms with Crippen molar-refractivity contribution in [1.82, 2.24) is 9.21 Å². The lowest BCUT2D eigenvalue weighted by Crippen LogP contribution is -2.53. The number of benzene rings is 1. The lowest BCUT2D eigenvalue weighted by molar-refractivity contribution is -0.130. The minimum Gasteiger partial charge on any atom is -0.508 e. The predicted molar refractivity (Wildman–Crippen MR) is 71.6 cm³/mol. The van der Waals surface area contributed by atoms with Crippen molar-refractivity contribution in [3.05, 3.63) is 24.3 Å². The van der Waals surface area contributed by atoms with Crippen LogP contribution in [0.4, 0.5) is 0 Å². The molecule has 3 rings (SSSR count). The minimum absolute atomic E-state index is 0.0108. The third-order valence-corrected chi connectivity index (χ3v) is 5.77. The molecule has 1 N–H and O–H groups in total. The van der Waals surface area contributed by atoms with Gasteiger partial charge in [0.25, 0.3) is 0 Å². The van der Waals surface area contributed by atoms with Gasteiger partial charge in [0.2, 0.25) is 15.9 Å². The lowest BCUT2D eigenvalue weighted by atomic mass is 10.2. The molecule has 6 nitrogen and oxygen atoms in total. The highest BCUT2D eigenvalue weighted by Crippen LogP contribution is 2.27. The zero-order valence-corrected chi connectivity index (χ0v) is 11.7. The Balaban J connectivity index is 1.84. The van der Waals surface area contributed by atoms with Crippen molar-refractivity contribution in [3.63, 3.8) is 0 Å². The molecule has 1 aromatic rings. The van der Waals surface area contributed by atoms with Crippen molar-refractivity contribution in [2.75, 3.05) is 19.6 Å². The molecule has 0 radical (unpaired) electrons. The fourth-order valence-corrected chi connectivity index (χ4v) is 4.36. The molecule has 20 heavy (non-hydrogen) atoms. The van der Waals surface area contributed by atoms with Crippen molar-refractivity contribution in [2.45, 2.75) is 23.8 Å². The molecule has 2 aliphatic heterocycles. The van der Waals surface area contributed by atoms with Crippen LogP contribution in [0.1, 0.15) is 12.8 Å². The molecule has 0 aromatic heterocycles. The molecule has 0 saturated carbocycles. The molecule has 0 bridgehead atoms. The second-order valence-electron chi connectivity index (χ2n) is 5.14. The summed E-state index contributed by atoms with van der Waals surface area (Å²) in [6.07, 6.45) is 1.22. The molecule has 1 aromatic carbocycles. The average molecular weight is 296 g/mol. The predicted octanol–water partition coefficient (Wildman–Crippen LogP) is 0.387. The van der Waals surface area contributed by atoms with Gasteiger partial charge in [-0.3, -0.25) is 4.79 Å². The van der Waals surface area contributed by atoms with Crippen molar-refractivity contribution in [2.24, 2.45) is 0 Å². The van der Waals surface area contributed by atoms with Crippen molar-refractivity contribution in [3.8, 4) is 5.75 Å². The van der Waals surface area contributed by atoms with E-state index >= 15 is 0 Å². The number of sulfonamides is 1. The molecule has 1 atom stereocenters. The van der Waals surface area contributed by atoms with E-state index in [-0.39, 0.29) is 22.6 Å². The fourth-order valence-electron chi connectivity index (χ4n) is 2.85. The first kappa shape index (κ1) is 13.4. The number of carbonyl (C=O) groups is 1. The molecule has 2 heterocycles. The van der Waals surface area contributed by atoms with E-state index in [0.717, 1.165) is 0 Å². The van der Waals surface area contributed by atoms with Crippen LogP contribution in [-0.2, 0) is 14.8 Å². The van der Waals surface area contributed by atoms with Crippen LogP contribution in [0, 0.1) is 0 Å². The second-order valence-corrected chi connectivity index (χ2v) is 7.08. The molecular formula is C13H16N2O4S. The van der Waals surface area contributed by atoms with Gasteiger partial charge in [-0.15, -0.1) is 0 Å². The zero-order chi connectivity index (χ0) is 14.3. The van der Waals surface area contributed by atoms with E-state index in [9.17, 15) is 18.3 Å². The number of rotatable bonds is 2. The van der Waals surface area contributed by atoms with Crippen molar-refractivity contribution in [1.29, 1.82) is 0 Å². The number of fused-ring (bicyclic) bond motifs is 1. The summed E-state index contributed by atoms with van der Waals surface area (Å²) < 4.78 is 26.4. The van der Waals surface area contributed by atoms with Crippen LogP contribution in [0.3, 0.4) is 0 Å². The van der Waals surface area contributed by atoms with Crippen LogP contribution >= 0.6 is 0 Å². The Bertz CT molecular complexity index is 644. The molecule has 7 heteroatoms.